The van der Waals surface area contributed by atoms with Crippen LogP contribution in [-0.4, -0.2) is 11.6 Å². The summed E-state index contributed by atoms with van der Waals surface area (Å²) in [4.78, 5) is 12.7. The van der Waals surface area contributed by atoms with Crippen LogP contribution in [0.15, 0.2) is 81.8 Å². The maximum atomic E-state index is 12.9. The molecule has 0 spiro atoms. The summed E-state index contributed by atoms with van der Waals surface area (Å²) in [6.07, 6.45) is -2.89. The highest BCUT2D eigenvalue weighted by molar-refractivity contribution is 6.32. The van der Waals surface area contributed by atoms with Crippen molar-refractivity contribution in [1.29, 1.82) is 0 Å². The third-order valence-electron chi connectivity index (χ3n) is 4.45. The number of hydrogen-bond acceptors (Lipinski definition) is 3. The van der Waals surface area contributed by atoms with Crippen LogP contribution in [-0.2, 0) is 11.0 Å². The van der Waals surface area contributed by atoms with Gasteiger partial charge in [0.05, 0.1) is 22.5 Å². The smallest absolute Gasteiger partial charge is 0.416 e. The molecule has 1 aromatic heterocycles. The molecule has 3 aromatic rings. The molecule has 0 aliphatic carbocycles. The third kappa shape index (κ3) is 3.71. The molecule has 4 nitrogen and oxygen atoms in total. The molecule has 7 heteroatoms. The van der Waals surface area contributed by atoms with Gasteiger partial charge in [0.15, 0.2) is 0 Å². The highest BCUT2D eigenvalue weighted by Gasteiger charge is 2.31. The monoisotopic (exact) mass is 396 g/mol. The molecule has 1 amide bonds. The molecule has 0 unspecified atom stereocenters. The molecule has 0 saturated carbocycles. The summed E-state index contributed by atoms with van der Waals surface area (Å²) in [6, 6.07) is 17.1. The lowest BCUT2D eigenvalue weighted by molar-refractivity contribution is -0.137. The highest BCUT2D eigenvalue weighted by Crippen LogP contribution is 2.33. The van der Waals surface area contributed by atoms with E-state index in [1.54, 1.807) is 37.3 Å². The van der Waals surface area contributed by atoms with Crippen LogP contribution in [0.2, 0.25) is 0 Å². The van der Waals surface area contributed by atoms with Gasteiger partial charge >= 0.3 is 6.18 Å². The van der Waals surface area contributed by atoms with E-state index in [0.717, 1.165) is 12.1 Å². The van der Waals surface area contributed by atoms with Gasteiger partial charge in [-0.15, -0.1) is 0 Å². The van der Waals surface area contributed by atoms with Gasteiger partial charge in [-0.1, -0.05) is 30.3 Å². The Morgan fingerprint density at radius 2 is 1.76 bits per heavy atom. The fourth-order valence-electron chi connectivity index (χ4n) is 3.01. The van der Waals surface area contributed by atoms with Crippen molar-refractivity contribution in [1.82, 2.24) is 0 Å². The fourth-order valence-corrected chi connectivity index (χ4v) is 3.01. The first-order valence-electron chi connectivity index (χ1n) is 8.77. The van der Waals surface area contributed by atoms with Gasteiger partial charge in [0.25, 0.3) is 5.91 Å². The second-order valence-corrected chi connectivity index (χ2v) is 6.48. The minimum atomic E-state index is -4.43. The molecule has 1 aliphatic rings. The Balaban J connectivity index is 1.62. The maximum absolute atomic E-state index is 12.9. The summed E-state index contributed by atoms with van der Waals surface area (Å²) >= 11 is 0. The average Bonchev–Trinajstić information content (AvgIpc) is 3.28. The number of hydrazone groups is 1. The Kier molecular flexibility index (Phi) is 4.58. The first-order valence-corrected chi connectivity index (χ1v) is 8.77. The molecular weight excluding hydrogens is 381 g/mol. The number of carbonyl (C=O) groups excluding carboxylic acids is 1. The Morgan fingerprint density at radius 3 is 2.48 bits per heavy atom. The van der Waals surface area contributed by atoms with E-state index in [1.807, 2.05) is 18.2 Å². The zero-order chi connectivity index (χ0) is 20.6. The summed E-state index contributed by atoms with van der Waals surface area (Å²) in [7, 11) is 0. The number of para-hydroxylation sites is 1. The van der Waals surface area contributed by atoms with Gasteiger partial charge in [-0.25, -0.2) is 0 Å². The van der Waals surface area contributed by atoms with Crippen molar-refractivity contribution in [3.05, 3.63) is 83.6 Å². The second-order valence-electron chi connectivity index (χ2n) is 6.48. The summed E-state index contributed by atoms with van der Waals surface area (Å²) in [5.41, 5.74) is 1.08. The molecule has 146 valence electrons. The lowest BCUT2D eigenvalue weighted by Gasteiger charge is -2.10. The van der Waals surface area contributed by atoms with Crippen LogP contribution in [0.4, 0.5) is 18.9 Å². The summed E-state index contributed by atoms with van der Waals surface area (Å²) in [5.74, 6) is 0.332. The number of anilines is 1. The van der Waals surface area contributed by atoms with Crippen LogP contribution in [0.25, 0.3) is 17.4 Å². The van der Waals surface area contributed by atoms with Gasteiger partial charge in [0, 0.05) is 5.56 Å². The molecule has 0 atom stereocenters. The Morgan fingerprint density at radius 1 is 1.00 bits per heavy atom. The normalized spacial score (nSPS) is 15.9. The number of nitrogens with zero attached hydrogens (tertiary/aromatic N) is 2. The van der Waals surface area contributed by atoms with Gasteiger partial charge in [0.1, 0.15) is 11.5 Å². The minimum absolute atomic E-state index is 0.280. The molecule has 29 heavy (non-hydrogen) atoms. The summed E-state index contributed by atoms with van der Waals surface area (Å²) in [5, 5.41) is 5.59. The van der Waals surface area contributed by atoms with Crippen LogP contribution in [0.1, 0.15) is 18.2 Å². The van der Waals surface area contributed by atoms with Gasteiger partial charge in [-0.2, -0.15) is 23.3 Å². The Bertz CT molecular complexity index is 1130. The lowest BCUT2D eigenvalue weighted by Crippen LogP contribution is -2.21. The molecule has 0 N–H and O–H groups in total. The first-order chi connectivity index (χ1) is 13.8. The van der Waals surface area contributed by atoms with E-state index in [4.69, 9.17) is 4.42 Å². The standard InChI is InChI=1S/C22H15F3N2O2/c1-14-19(21(28)27(26-14)17-8-3-2-4-9-17)13-18-10-11-20(29-18)15-6-5-7-16(12-15)22(23,24)25/h2-13H,1H3/b19-13-. The first kappa shape index (κ1) is 18.7. The largest absolute Gasteiger partial charge is 0.457 e. The zero-order valence-electron chi connectivity index (χ0n) is 15.3. The molecule has 0 radical (unpaired) electrons. The van der Waals surface area contributed by atoms with Crippen molar-refractivity contribution >= 4 is 23.4 Å². The lowest BCUT2D eigenvalue weighted by atomic mass is 10.1. The minimum Gasteiger partial charge on any atom is -0.457 e. The molecule has 2 heterocycles. The average molecular weight is 396 g/mol. The summed E-state index contributed by atoms with van der Waals surface area (Å²) < 4.78 is 44.4. The predicted molar refractivity (Wildman–Crippen MR) is 104 cm³/mol. The molecule has 0 bridgehead atoms. The van der Waals surface area contributed by atoms with Crippen molar-refractivity contribution in [2.75, 3.05) is 5.01 Å². The SMILES string of the molecule is CC1=NN(c2ccccc2)C(=O)/C1=C\c1ccc(-c2cccc(C(F)(F)F)c2)o1. The molecule has 0 saturated heterocycles. The van der Waals surface area contributed by atoms with E-state index in [2.05, 4.69) is 5.10 Å². The van der Waals surface area contributed by atoms with E-state index in [-0.39, 0.29) is 11.7 Å². The van der Waals surface area contributed by atoms with Crippen molar-refractivity contribution in [2.45, 2.75) is 13.1 Å². The number of benzene rings is 2. The number of alkyl halides is 3. The molecule has 1 aliphatic heterocycles. The van der Waals surface area contributed by atoms with Crippen molar-refractivity contribution in [3.63, 3.8) is 0 Å². The van der Waals surface area contributed by atoms with E-state index < -0.39 is 11.7 Å². The topological polar surface area (TPSA) is 45.8 Å². The van der Waals surface area contributed by atoms with E-state index in [0.29, 0.717) is 28.3 Å². The maximum Gasteiger partial charge on any atom is 0.416 e. The highest BCUT2D eigenvalue weighted by atomic mass is 19.4. The van der Waals surface area contributed by atoms with Crippen molar-refractivity contribution in [3.8, 4) is 11.3 Å². The van der Waals surface area contributed by atoms with Crippen LogP contribution in [0.5, 0.6) is 0 Å². The van der Waals surface area contributed by atoms with Gasteiger partial charge < -0.3 is 4.42 Å². The predicted octanol–water partition coefficient (Wildman–Crippen LogP) is 5.77. The zero-order valence-corrected chi connectivity index (χ0v) is 15.3. The number of carbonyl (C=O) groups is 1. The van der Waals surface area contributed by atoms with E-state index in [9.17, 15) is 18.0 Å². The van der Waals surface area contributed by atoms with Crippen LogP contribution in [0.3, 0.4) is 0 Å². The quantitative estimate of drug-likeness (QED) is 0.528. The molecule has 4 rings (SSSR count). The Hall–Kier alpha value is -3.61. The van der Waals surface area contributed by atoms with Crippen LogP contribution >= 0.6 is 0 Å². The molecule has 2 aromatic carbocycles. The number of rotatable bonds is 3. The van der Waals surface area contributed by atoms with Gasteiger partial charge in [-0.3, -0.25) is 4.79 Å². The number of hydrogen-bond donors (Lipinski definition) is 0. The third-order valence-corrected chi connectivity index (χ3v) is 4.45. The van der Waals surface area contributed by atoms with E-state index in [1.165, 1.54) is 17.1 Å². The summed E-state index contributed by atoms with van der Waals surface area (Å²) in [6.45, 7) is 1.71. The number of amides is 1. The molecular formula is C22H15F3N2O2. The van der Waals surface area contributed by atoms with Crippen molar-refractivity contribution in [2.24, 2.45) is 5.10 Å². The van der Waals surface area contributed by atoms with Gasteiger partial charge in [-0.05, 0) is 49.4 Å². The Labute approximate surface area is 164 Å². The van der Waals surface area contributed by atoms with E-state index >= 15 is 0 Å². The second kappa shape index (κ2) is 7.09. The van der Waals surface area contributed by atoms with Crippen molar-refractivity contribution < 1.29 is 22.4 Å². The van der Waals surface area contributed by atoms with Gasteiger partial charge in [0.2, 0.25) is 0 Å². The van der Waals surface area contributed by atoms with Crippen LogP contribution in [0, 0.1) is 0 Å². The fraction of sp³-hybridized carbons (Fsp3) is 0.0909. The number of halogens is 3. The molecule has 0 fully saturated rings. The number of furan rings is 1. The van der Waals surface area contributed by atoms with Crippen LogP contribution < -0.4 is 5.01 Å².